The van der Waals surface area contributed by atoms with Crippen molar-refractivity contribution < 1.29 is 9.53 Å². The van der Waals surface area contributed by atoms with E-state index in [1.54, 1.807) is 24.3 Å². The Hall–Kier alpha value is -3.34. The minimum absolute atomic E-state index is 0.0636. The second kappa shape index (κ2) is 6.65. The molecule has 0 fully saturated rings. The Bertz CT molecular complexity index is 997. The number of nitrogens with zero attached hydrogens (tertiary/aromatic N) is 3. The molecule has 128 valence electrons. The van der Waals surface area contributed by atoms with Gasteiger partial charge in [0, 0.05) is 24.0 Å². The lowest BCUT2D eigenvalue weighted by Crippen LogP contribution is -2.44. The maximum atomic E-state index is 12.5. The third-order valence-electron chi connectivity index (χ3n) is 4.10. The van der Waals surface area contributed by atoms with E-state index in [-0.39, 0.29) is 5.56 Å². The highest BCUT2D eigenvalue weighted by atomic mass is 16.5. The average Bonchev–Trinajstić information content (AvgIpc) is 3.09. The van der Waals surface area contributed by atoms with Crippen molar-refractivity contribution in [2.24, 2.45) is 0 Å². The van der Waals surface area contributed by atoms with Crippen LogP contribution >= 0.6 is 0 Å². The lowest BCUT2D eigenvalue weighted by molar-refractivity contribution is -0.116. The summed E-state index contributed by atoms with van der Waals surface area (Å²) in [6.45, 7) is -0.00946. The molecule has 1 aromatic carbocycles. The zero-order chi connectivity index (χ0) is 18.0. The topological polar surface area (TPSA) is 106 Å². The van der Waals surface area contributed by atoms with Gasteiger partial charge in [-0.25, -0.2) is 9.36 Å². The van der Waals surface area contributed by atoms with E-state index in [0.29, 0.717) is 36.5 Å². The molecule has 3 rings (SSSR count). The molecule has 1 amide bonds. The highest BCUT2D eigenvalue weighted by Crippen LogP contribution is 2.17. The third-order valence-corrected chi connectivity index (χ3v) is 4.10. The van der Waals surface area contributed by atoms with Gasteiger partial charge < -0.3 is 10.1 Å². The second-order valence-electron chi connectivity index (χ2n) is 5.64. The van der Waals surface area contributed by atoms with E-state index < -0.39 is 23.7 Å². The summed E-state index contributed by atoms with van der Waals surface area (Å²) in [4.78, 5) is 37.1. The van der Waals surface area contributed by atoms with E-state index in [1.807, 2.05) is 6.07 Å². The Balaban J connectivity index is 1.91. The molecule has 1 aliphatic rings. The Labute approximate surface area is 142 Å². The molecule has 0 saturated carbocycles. The minimum atomic E-state index is -0.721. The monoisotopic (exact) mass is 340 g/mol. The highest BCUT2D eigenvalue weighted by molar-refractivity contribution is 5.90. The van der Waals surface area contributed by atoms with Gasteiger partial charge >= 0.3 is 5.69 Å². The van der Waals surface area contributed by atoms with Gasteiger partial charge in [-0.2, -0.15) is 5.26 Å². The summed E-state index contributed by atoms with van der Waals surface area (Å²) in [6.07, 6.45) is 1.22. The largest absolute Gasteiger partial charge is 0.497 e. The summed E-state index contributed by atoms with van der Waals surface area (Å²) in [7, 11) is 1.51. The Morgan fingerprint density at radius 3 is 2.92 bits per heavy atom. The van der Waals surface area contributed by atoms with E-state index in [4.69, 9.17) is 4.74 Å². The predicted octanol–water partition coefficient (Wildman–Crippen LogP) is 0.475. The Kier molecular flexibility index (Phi) is 4.39. The van der Waals surface area contributed by atoms with Crippen LogP contribution in [0.4, 0.5) is 5.69 Å². The molecule has 0 bridgehead atoms. The Morgan fingerprint density at radius 2 is 2.20 bits per heavy atom. The fourth-order valence-corrected chi connectivity index (χ4v) is 2.93. The van der Waals surface area contributed by atoms with Crippen LogP contribution in [-0.4, -0.2) is 22.2 Å². The molecule has 0 aliphatic carbocycles. The highest BCUT2D eigenvalue weighted by Gasteiger charge is 2.23. The van der Waals surface area contributed by atoms with Crippen molar-refractivity contribution in [1.82, 2.24) is 9.13 Å². The number of nitriles is 1. The van der Waals surface area contributed by atoms with Crippen LogP contribution in [0.3, 0.4) is 0 Å². The first-order valence-electron chi connectivity index (χ1n) is 7.75. The van der Waals surface area contributed by atoms with Crippen molar-refractivity contribution in [3.8, 4) is 11.8 Å². The number of ether oxygens (including phenoxy) is 1. The van der Waals surface area contributed by atoms with Crippen LogP contribution in [0.5, 0.6) is 5.75 Å². The van der Waals surface area contributed by atoms with Gasteiger partial charge in [-0.05, 0) is 25.0 Å². The smallest absolute Gasteiger partial charge is 0.331 e. The second-order valence-corrected chi connectivity index (χ2v) is 5.64. The standard InChI is InChI=1S/C17H16N4O4/c1-25-12-5-2-4-11(8-12)19-15(22)10-21-16(23)13(9-18)14-6-3-7-20(14)17(21)24/h2,4-5,8H,3,6-7,10H2,1H3,(H,19,22). The van der Waals surface area contributed by atoms with Crippen LogP contribution in [-0.2, 0) is 24.3 Å². The van der Waals surface area contributed by atoms with Gasteiger partial charge in [0.25, 0.3) is 5.56 Å². The first-order chi connectivity index (χ1) is 12.0. The summed E-state index contributed by atoms with van der Waals surface area (Å²) in [5.74, 6) is 0.0363. The van der Waals surface area contributed by atoms with Gasteiger partial charge in [0.15, 0.2) is 0 Å². The fourth-order valence-electron chi connectivity index (χ4n) is 2.93. The van der Waals surface area contributed by atoms with Gasteiger partial charge in [-0.15, -0.1) is 0 Å². The number of amides is 1. The number of anilines is 1. The zero-order valence-electron chi connectivity index (χ0n) is 13.6. The molecule has 1 aromatic heterocycles. The van der Waals surface area contributed by atoms with Gasteiger partial charge in [0.05, 0.1) is 7.11 Å². The number of hydrogen-bond donors (Lipinski definition) is 1. The molecule has 8 nitrogen and oxygen atoms in total. The van der Waals surface area contributed by atoms with Crippen molar-refractivity contribution >= 4 is 11.6 Å². The molecule has 0 unspecified atom stereocenters. The molecule has 0 spiro atoms. The molecule has 2 aromatic rings. The number of aromatic nitrogens is 2. The quantitative estimate of drug-likeness (QED) is 0.871. The first kappa shape index (κ1) is 16.5. The number of fused-ring (bicyclic) bond motifs is 1. The predicted molar refractivity (Wildman–Crippen MR) is 89.6 cm³/mol. The Morgan fingerprint density at radius 1 is 1.40 bits per heavy atom. The van der Waals surface area contributed by atoms with E-state index in [1.165, 1.54) is 11.7 Å². The summed E-state index contributed by atoms with van der Waals surface area (Å²) in [5.41, 5.74) is -0.397. The zero-order valence-corrected chi connectivity index (χ0v) is 13.6. The van der Waals surface area contributed by atoms with Crippen LogP contribution in [0.15, 0.2) is 33.9 Å². The summed E-state index contributed by atoms with van der Waals surface area (Å²) in [6, 6.07) is 8.58. The van der Waals surface area contributed by atoms with E-state index in [9.17, 15) is 19.6 Å². The normalized spacial score (nSPS) is 12.3. The number of nitrogens with one attached hydrogen (secondary N) is 1. The van der Waals surface area contributed by atoms with Crippen LogP contribution < -0.4 is 21.3 Å². The van der Waals surface area contributed by atoms with Crippen LogP contribution in [0.25, 0.3) is 0 Å². The molecule has 8 heteroatoms. The molecule has 25 heavy (non-hydrogen) atoms. The summed E-state index contributed by atoms with van der Waals surface area (Å²) >= 11 is 0. The lowest BCUT2D eigenvalue weighted by atomic mass is 10.2. The third kappa shape index (κ3) is 3.04. The maximum absolute atomic E-state index is 12.5. The van der Waals surface area contributed by atoms with Gasteiger partial charge in [0.1, 0.15) is 23.9 Å². The molecule has 0 atom stereocenters. The van der Waals surface area contributed by atoms with E-state index in [0.717, 1.165) is 4.57 Å². The van der Waals surface area contributed by atoms with Crippen molar-refractivity contribution in [3.05, 3.63) is 56.4 Å². The lowest BCUT2D eigenvalue weighted by Gasteiger charge is -2.11. The molecule has 2 heterocycles. The number of carbonyl (C=O) groups is 1. The number of methoxy groups -OCH3 is 1. The van der Waals surface area contributed by atoms with E-state index in [2.05, 4.69) is 5.32 Å². The molecular formula is C17H16N4O4. The number of hydrogen-bond acceptors (Lipinski definition) is 5. The van der Waals surface area contributed by atoms with Crippen LogP contribution in [0.1, 0.15) is 17.7 Å². The van der Waals surface area contributed by atoms with Crippen molar-refractivity contribution in [3.63, 3.8) is 0 Å². The van der Waals surface area contributed by atoms with Gasteiger partial charge in [0.2, 0.25) is 5.91 Å². The van der Waals surface area contributed by atoms with Crippen LogP contribution in [0.2, 0.25) is 0 Å². The first-order valence-corrected chi connectivity index (χ1v) is 7.75. The van der Waals surface area contributed by atoms with Crippen molar-refractivity contribution in [2.45, 2.75) is 25.9 Å². The van der Waals surface area contributed by atoms with Gasteiger partial charge in [-0.1, -0.05) is 6.07 Å². The molecule has 1 N–H and O–H groups in total. The molecular weight excluding hydrogens is 324 g/mol. The van der Waals surface area contributed by atoms with Crippen molar-refractivity contribution in [1.29, 1.82) is 5.26 Å². The van der Waals surface area contributed by atoms with E-state index >= 15 is 0 Å². The summed E-state index contributed by atoms with van der Waals surface area (Å²) < 4.78 is 7.29. The summed E-state index contributed by atoms with van der Waals surface area (Å²) in [5, 5.41) is 11.8. The minimum Gasteiger partial charge on any atom is -0.497 e. The SMILES string of the molecule is COc1cccc(NC(=O)Cn2c(=O)c(C#N)c3n(c2=O)CCC3)c1. The number of rotatable bonds is 4. The average molecular weight is 340 g/mol. The molecule has 0 saturated heterocycles. The fraction of sp³-hybridized carbons (Fsp3) is 0.294. The van der Waals surface area contributed by atoms with Gasteiger partial charge in [-0.3, -0.25) is 14.2 Å². The van der Waals surface area contributed by atoms with Crippen LogP contribution in [0, 0.1) is 11.3 Å². The molecule has 1 aliphatic heterocycles. The number of carbonyl (C=O) groups excluding carboxylic acids is 1. The molecule has 0 radical (unpaired) electrons. The number of benzene rings is 1. The van der Waals surface area contributed by atoms with Crippen molar-refractivity contribution in [2.75, 3.05) is 12.4 Å². The maximum Gasteiger partial charge on any atom is 0.331 e.